The Morgan fingerprint density at radius 1 is 1.16 bits per heavy atom. The molecule has 0 aliphatic rings. The summed E-state index contributed by atoms with van der Waals surface area (Å²) in [4.78, 5) is 3.97. The number of nitriles is 1. The van der Waals surface area contributed by atoms with Gasteiger partial charge >= 0.3 is 0 Å². The molecule has 0 aliphatic heterocycles. The summed E-state index contributed by atoms with van der Waals surface area (Å²) >= 11 is 0. The maximum Gasteiger partial charge on any atom is 0.266 e. The zero-order valence-electron chi connectivity index (χ0n) is 10.2. The highest BCUT2D eigenvalue weighted by molar-refractivity contribution is 7.92. The van der Waals surface area contributed by atoms with E-state index in [-0.39, 0.29) is 10.5 Å². The average Bonchev–Trinajstić information content (AvgIpc) is 2.47. The van der Waals surface area contributed by atoms with Crippen LogP contribution in [0.1, 0.15) is 5.56 Å². The van der Waals surface area contributed by atoms with E-state index < -0.39 is 10.0 Å². The van der Waals surface area contributed by atoms with Gasteiger partial charge in [-0.05, 0) is 24.3 Å². The Morgan fingerprint density at radius 3 is 2.47 bits per heavy atom. The molecule has 19 heavy (non-hydrogen) atoms. The van der Waals surface area contributed by atoms with E-state index in [2.05, 4.69) is 4.98 Å². The first-order valence-corrected chi connectivity index (χ1v) is 6.90. The monoisotopic (exact) mass is 273 g/mol. The zero-order valence-corrected chi connectivity index (χ0v) is 11.0. The Bertz CT molecular complexity index is 721. The van der Waals surface area contributed by atoms with E-state index in [0.717, 1.165) is 4.31 Å². The average molecular weight is 273 g/mol. The Balaban J connectivity index is 2.52. The van der Waals surface area contributed by atoms with Gasteiger partial charge in [0.05, 0.1) is 5.56 Å². The van der Waals surface area contributed by atoms with E-state index in [9.17, 15) is 8.42 Å². The number of hydrogen-bond donors (Lipinski definition) is 0. The van der Waals surface area contributed by atoms with Gasteiger partial charge in [0, 0.05) is 13.2 Å². The fourth-order valence-corrected chi connectivity index (χ4v) is 2.89. The molecule has 0 N–H and O–H groups in total. The molecule has 1 aromatic heterocycles. The molecule has 0 bridgehead atoms. The molecule has 0 spiro atoms. The largest absolute Gasteiger partial charge is 0.266 e. The fraction of sp³-hybridized carbons (Fsp3) is 0.0769. The van der Waals surface area contributed by atoms with Crippen LogP contribution in [-0.4, -0.2) is 20.4 Å². The predicted molar refractivity (Wildman–Crippen MR) is 71.0 cm³/mol. The number of rotatable bonds is 3. The van der Waals surface area contributed by atoms with Gasteiger partial charge in [-0.2, -0.15) is 5.26 Å². The van der Waals surface area contributed by atoms with Crippen molar-refractivity contribution in [2.45, 2.75) is 4.90 Å². The molecule has 6 heteroatoms. The van der Waals surface area contributed by atoms with Crippen LogP contribution in [0, 0.1) is 11.3 Å². The van der Waals surface area contributed by atoms with E-state index in [1.54, 1.807) is 30.3 Å². The quantitative estimate of drug-likeness (QED) is 0.854. The van der Waals surface area contributed by atoms with Crippen LogP contribution in [0.25, 0.3) is 0 Å². The molecule has 5 nitrogen and oxygen atoms in total. The van der Waals surface area contributed by atoms with Crippen molar-refractivity contribution in [2.75, 3.05) is 11.4 Å². The maximum absolute atomic E-state index is 12.4. The van der Waals surface area contributed by atoms with E-state index in [1.807, 2.05) is 6.07 Å². The number of hydrogen-bond acceptors (Lipinski definition) is 4. The minimum atomic E-state index is -3.79. The SMILES string of the molecule is CN(c1ccccn1)S(=O)(=O)c1ccccc1C#N. The lowest BCUT2D eigenvalue weighted by atomic mass is 10.2. The summed E-state index contributed by atoms with van der Waals surface area (Å²) < 4.78 is 26.0. The molecule has 0 radical (unpaired) electrons. The van der Waals surface area contributed by atoms with Crippen molar-refractivity contribution in [2.24, 2.45) is 0 Å². The van der Waals surface area contributed by atoms with Crippen LogP contribution in [0.4, 0.5) is 5.82 Å². The summed E-state index contributed by atoms with van der Waals surface area (Å²) in [5, 5.41) is 8.99. The molecule has 0 aliphatic carbocycles. The zero-order chi connectivity index (χ0) is 13.9. The van der Waals surface area contributed by atoms with Gasteiger partial charge in [0.25, 0.3) is 10.0 Å². The van der Waals surface area contributed by atoms with E-state index >= 15 is 0 Å². The van der Waals surface area contributed by atoms with E-state index in [1.165, 1.54) is 25.4 Å². The van der Waals surface area contributed by atoms with Crippen molar-refractivity contribution in [1.82, 2.24) is 4.98 Å². The van der Waals surface area contributed by atoms with Gasteiger partial charge in [0.1, 0.15) is 16.8 Å². The molecule has 2 aromatic rings. The second-order valence-electron chi connectivity index (χ2n) is 3.77. The third-order valence-electron chi connectivity index (χ3n) is 2.62. The molecule has 0 unspecified atom stereocenters. The van der Waals surface area contributed by atoms with Crippen LogP contribution in [0.5, 0.6) is 0 Å². The summed E-state index contributed by atoms with van der Waals surface area (Å²) in [6.45, 7) is 0. The number of aromatic nitrogens is 1. The summed E-state index contributed by atoms with van der Waals surface area (Å²) in [5.41, 5.74) is 0.116. The first kappa shape index (κ1) is 13.1. The van der Waals surface area contributed by atoms with Crippen molar-refractivity contribution >= 4 is 15.8 Å². The van der Waals surface area contributed by atoms with Gasteiger partial charge in [0.2, 0.25) is 0 Å². The highest BCUT2D eigenvalue weighted by Crippen LogP contribution is 2.22. The second kappa shape index (κ2) is 5.08. The van der Waals surface area contributed by atoms with Crippen molar-refractivity contribution in [3.05, 3.63) is 54.2 Å². The van der Waals surface area contributed by atoms with Crippen LogP contribution < -0.4 is 4.31 Å². The van der Waals surface area contributed by atoms with Crippen molar-refractivity contribution < 1.29 is 8.42 Å². The van der Waals surface area contributed by atoms with Crippen molar-refractivity contribution in [3.8, 4) is 6.07 Å². The second-order valence-corrected chi connectivity index (χ2v) is 5.71. The lowest BCUT2D eigenvalue weighted by molar-refractivity contribution is 0.593. The minimum absolute atomic E-state index is 0.0225. The van der Waals surface area contributed by atoms with Gasteiger partial charge in [0.15, 0.2) is 0 Å². The Hall–Kier alpha value is -2.39. The van der Waals surface area contributed by atoms with Gasteiger partial charge in [-0.25, -0.2) is 13.4 Å². The molecule has 2 rings (SSSR count). The highest BCUT2D eigenvalue weighted by atomic mass is 32.2. The smallest absolute Gasteiger partial charge is 0.253 e. The number of nitrogens with zero attached hydrogens (tertiary/aromatic N) is 3. The molecule has 0 atom stereocenters. The normalized spacial score (nSPS) is 10.7. The predicted octanol–water partition coefficient (Wildman–Crippen LogP) is 1.78. The molecule has 0 saturated carbocycles. The first-order valence-electron chi connectivity index (χ1n) is 5.46. The van der Waals surface area contributed by atoms with Crippen LogP contribution >= 0.6 is 0 Å². The lowest BCUT2D eigenvalue weighted by Crippen LogP contribution is -2.27. The van der Waals surface area contributed by atoms with Gasteiger partial charge < -0.3 is 0 Å². The Kier molecular flexibility index (Phi) is 3.49. The molecule has 96 valence electrons. The minimum Gasteiger partial charge on any atom is -0.253 e. The maximum atomic E-state index is 12.4. The Morgan fingerprint density at radius 2 is 1.84 bits per heavy atom. The summed E-state index contributed by atoms with van der Waals surface area (Å²) in [5.74, 6) is 0.301. The van der Waals surface area contributed by atoms with Crippen LogP contribution in [0.2, 0.25) is 0 Å². The topological polar surface area (TPSA) is 74.1 Å². The van der Waals surface area contributed by atoms with E-state index in [0.29, 0.717) is 5.82 Å². The van der Waals surface area contributed by atoms with E-state index in [4.69, 9.17) is 5.26 Å². The standard InChI is InChI=1S/C13H11N3O2S/c1-16(13-8-4-5-9-15-13)19(17,18)12-7-3-2-6-11(12)10-14/h2-9H,1H3. The summed E-state index contributed by atoms with van der Waals surface area (Å²) in [7, 11) is -2.38. The molecular weight excluding hydrogens is 262 g/mol. The van der Waals surface area contributed by atoms with Gasteiger partial charge in [-0.3, -0.25) is 4.31 Å². The van der Waals surface area contributed by atoms with Crippen molar-refractivity contribution in [3.63, 3.8) is 0 Å². The van der Waals surface area contributed by atoms with Gasteiger partial charge in [-0.15, -0.1) is 0 Å². The number of benzene rings is 1. The first-order chi connectivity index (χ1) is 9.07. The lowest BCUT2D eigenvalue weighted by Gasteiger charge is -2.18. The molecule has 0 amide bonds. The third-order valence-corrected chi connectivity index (χ3v) is 4.44. The summed E-state index contributed by atoms with van der Waals surface area (Å²) in [6.07, 6.45) is 1.51. The molecule has 1 aromatic carbocycles. The van der Waals surface area contributed by atoms with Crippen LogP contribution in [-0.2, 0) is 10.0 Å². The number of pyridine rings is 1. The number of sulfonamides is 1. The highest BCUT2D eigenvalue weighted by Gasteiger charge is 2.24. The van der Waals surface area contributed by atoms with Crippen molar-refractivity contribution in [1.29, 1.82) is 5.26 Å². The molecular formula is C13H11N3O2S. The number of anilines is 1. The Labute approximate surface area is 111 Å². The van der Waals surface area contributed by atoms with Gasteiger partial charge in [-0.1, -0.05) is 18.2 Å². The molecule has 0 saturated heterocycles. The molecule has 0 fully saturated rings. The third kappa shape index (κ3) is 2.41. The van der Waals surface area contributed by atoms with Crippen LogP contribution in [0.3, 0.4) is 0 Å². The summed E-state index contributed by atoms with van der Waals surface area (Å²) in [6, 6.07) is 13.0. The fourth-order valence-electron chi connectivity index (χ4n) is 1.59. The van der Waals surface area contributed by atoms with Crippen LogP contribution in [0.15, 0.2) is 53.6 Å². The molecule has 1 heterocycles.